The van der Waals surface area contributed by atoms with Gasteiger partial charge in [0.1, 0.15) is 11.9 Å². The Morgan fingerprint density at radius 1 is 1.40 bits per heavy atom. The first-order valence-electron chi connectivity index (χ1n) is 4.80. The Morgan fingerprint density at radius 2 is 2.20 bits per heavy atom. The summed E-state index contributed by atoms with van der Waals surface area (Å²) in [5.74, 6) is 0.865. The largest absolute Gasteiger partial charge is 0.386 e. The van der Waals surface area contributed by atoms with Crippen LogP contribution in [-0.4, -0.2) is 24.4 Å². The molecule has 0 bridgehead atoms. The minimum Gasteiger partial charge on any atom is -0.386 e. The van der Waals surface area contributed by atoms with E-state index in [-0.39, 0.29) is 0 Å². The summed E-state index contributed by atoms with van der Waals surface area (Å²) in [5, 5.41) is 14.0. The van der Waals surface area contributed by atoms with Crippen molar-refractivity contribution in [2.75, 3.05) is 0 Å². The number of nitrogens with zero attached hydrogens (tertiary/aromatic N) is 4. The van der Waals surface area contributed by atoms with Gasteiger partial charge in [0.05, 0.1) is 5.69 Å². The third-order valence-electron chi connectivity index (χ3n) is 2.50. The summed E-state index contributed by atoms with van der Waals surface area (Å²) in [5.41, 5.74) is 0.804. The molecule has 15 heavy (non-hydrogen) atoms. The van der Waals surface area contributed by atoms with E-state index >= 15 is 0 Å². The van der Waals surface area contributed by atoms with Crippen LogP contribution in [0.25, 0.3) is 0 Å². The van der Waals surface area contributed by atoms with Crippen LogP contribution in [0.3, 0.4) is 0 Å². The van der Waals surface area contributed by atoms with Gasteiger partial charge in [-0.3, -0.25) is 4.68 Å². The zero-order chi connectivity index (χ0) is 10.8. The van der Waals surface area contributed by atoms with Crippen molar-refractivity contribution in [2.45, 2.75) is 12.5 Å². The molecule has 5 nitrogen and oxygen atoms in total. The summed E-state index contributed by atoms with van der Waals surface area (Å²) >= 11 is 0. The quantitative estimate of drug-likeness (QED) is 0.792. The molecule has 0 fully saturated rings. The van der Waals surface area contributed by atoms with E-state index in [1.165, 1.54) is 0 Å². The Hall–Kier alpha value is -1.62. The predicted octanol–water partition coefficient (Wildman–Crippen LogP) is 0.430. The van der Waals surface area contributed by atoms with Crippen molar-refractivity contribution in [2.24, 2.45) is 14.1 Å². The van der Waals surface area contributed by atoms with Crippen molar-refractivity contribution in [1.29, 1.82) is 0 Å². The lowest BCUT2D eigenvalue weighted by molar-refractivity contribution is 0.165. The fraction of sp³-hybridized carbons (Fsp3) is 0.400. The van der Waals surface area contributed by atoms with Crippen molar-refractivity contribution in [1.82, 2.24) is 19.3 Å². The van der Waals surface area contributed by atoms with E-state index in [0.717, 1.165) is 11.5 Å². The van der Waals surface area contributed by atoms with Gasteiger partial charge in [0.2, 0.25) is 0 Å². The first-order valence-corrected chi connectivity index (χ1v) is 4.80. The van der Waals surface area contributed by atoms with Crippen LogP contribution >= 0.6 is 0 Å². The molecule has 0 saturated heterocycles. The molecule has 0 aromatic carbocycles. The first-order chi connectivity index (χ1) is 7.18. The first kappa shape index (κ1) is 9.92. The highest BCUT2D eigenvalue weighted by Crippen LogP contribution is 2.15. The average molecular weight is 206 g/mol. The van der Waals surface area contributed by atoms with Crippen molar-refractivity contribution < 1.29 is 5.11 Å². The Morgan fingerprint density at radius 3 is 2.73 bits per heavy atom. The van der Waals surface area contributed by atoms with Gasteiger partial charge in [-0.2, -0.15) is 5.10 Å². The topological polar surface area (TPSA) is 55.9 Å². The molecule has 1 atom stereocenters. The monoisotopic (exact) mass is 206 g/mol. The van der Waals surface area contributed by atoms with E-state index in [2.05, 4.69) is 10.1 Å². The van der Waals surface area contributed by atoms with Crippen molar-refractivity contribution in [3.63, 3.8) is 0 Å². The molecule has 2 aromatic rings. The summed E-state index contributed by atoms with van der Waals surface area (Å²) in [6.07, 6.45) is 5.22. The average Bonchev–Trinajstić information content (AvgIpc) is 2.76. The molecule has 1 unspecified atom stereocenters. The molecule has 0 radical (unpaired) electrons. The Balaban J connectivity index is 2.14. The lowest BCUT2D eigenvalue weighted by Crippen LogP contribution is -2.10. The highest BCUT2D eigenvalue weighted by Gasteiger charge is 2.14. The number of aryl methyl sites for hydroxylation is 2. The van der Waals surface area contributed by atoms with Gasteiger partial charge < -0.3 is 9.67 Å². The van der Waals surface area contributed by atoms with Crippen LogP contribution in [0, 0.1) is 0 Å². The van der Waals surface area contributed by atoms with Crippen LogP contribution in [0.1, 0.15) is 17.6 Å². The van der Waals surface area contributed by atoms with Crippen LogP contribution in [0.4, 0.5) is 0 Å². The standard InChI is InChI=1S/C10H14N4O/c1-13-6-5-11-10(13)7-9(15)8-3-4-12-14(8)2/h3-6,9,15H,7H2,1-2H3. The smallest absolute Gasteiger partial charge is 0.111 e. The summed E-state index contributed by atoms with van der Waals surface area (Å²) in [6.45, 7) is 0. The zero-order valence-corrected chi connectivity index (χ0v) is 8.83. The summed E-state index contributed by atoms with van der Waals surface area (Å²) in [7, 11) is 3.73. The second-order valence-electron chi connectivity index (χ2n) is 3.55. The van der Waals surface area contributed by atoms with Crippen molar-refractivity contribution in [3.05, 3.63) is 36.2 Å². The second kappa shape index (κ2) is 3.86. The second-order valence-corrected chi connectivity index (χ2v) is 3.55. The maximum atomic E-state index is 9.97. The fourth-order valence-corrected chi connectivity index (χ4v) is 1.58. The van der Waals surface area contributed by atoms with Gasteiger partial charge in [-0.25, -0.2) is 4.98 Å². The van der Waals surface area contributed by atoms with Crippen LogP contribution in [0.5, 0.6) is 0 Å². The Bertz CT molecular complexity index is 446. The molecule has 2 rings (SSSR count). The number of rotatable bonds is 3. The zero-order valence-electron chi connectivity index (χ0n) is 8.83. The molecule has 1 N–H and O–H groups in total. The van der Waals surface area contributed by atoms with Crippen LogP contribution in [0.2, 0.25) is 0 Å². The van der Waals surface area contributed by atoms with Crippen LogP contribution in [-0.2, 0) is 20.5 Å². The van der Waals surface area contributed by atoms with E-state index in [1.807, 2.05) is 30.9 Å². The SMILES string of the molecule is Cn1ccnc1CC(O)c1ccnn1C. The third-order valence-corrected chi connectivity index (χ3v) is 2.50. The molecule has 0 aliphatic rings. The molecule has 2 heterocycles. The van der Waals surface area contributed by atoms with E-state index in [9.17, 15) is 5.11 Å². The number of aliphatic hydroxyl groups is 1. The molecular weight excluding hydrogens is 192 g/mol. The highest BCUT2D eigenvalue weighted by molar-refractivity contribution is 5.07. The molecule has 2 aromatic heterocycles. The third kappa shape index (κ3) is 1.92. The summed E-state index contributed by atoms with van der Waals surface area (Å²) in [6, 6.07) is 1.81. The van der Waals surface area contributed by atoms with E-state index in [4.69, 9.17) is 0 Å². The molecular formula is C10H14N4O. The minimum absolute atomic E-state index is 0.503. The fourth-order valence-electron chi connectivity index (χ4n) is 1.58. The maximum absolute atomic E-state index is 9.97. The molecule has 80 valence electrons. The van der Waals surface area contributed by atoms with Gasteiger partial charge in [0.25, 0.3) is 0 Å². The molecule has 0 saturated carbocycles. The van der Waals surface area contributed by atoms with E-state index in [0.29, 0.717) is 6.42 Å². The lowest BCUT2D eigenvalue weighted by Gasteiger charge is -2.10. The Labute approximate surface area is 88.0 Å². The molecule has 0 aliphatic heterocycles. The minimum atomic E-state index is -0.557. The van der Waals surface area contributed by atoms with E-state index in [1.54, 1.807) is 17.1 Å². The number of hydrogen-bond donors (Lipinski definition) is 1. The highest BCUT2D eigenvalue weighted by atomic mass is 16.3. The number of hydrogen-bond acceptors (Lipinski definition) is 3. The number of imidazole rings is 1. The molecule has 0 aliphatic carbocycles. The van der Waals surface area contributed by atoms with Gasteiger partial charge in [-0.1, -0.05) is 0 Å². The van der Waals surface area contributed by atoms with Gasteiger partial charge in [-0.15, -0.1) is 0 Å². The predicted molar refractivity (Wildman–Crippen MR) is 55.1 cm³/mol. The number of aromatic nitrogens is 4. The molecule has 0 spiro atoms. The van der Waals surface area contributed by atoms with Crippen LogP contribution in [0.15, 0.2) is 24.7 Å². The van der Waals surface area contributed by atoms with E-state index < -0.39 is 6.10 Å². The normalized spacial score (nSPS) is 13.0. The molecule has 0 amide bonds. The van der Waals surface area contributed by atoms with Gasteiger partial charge >= 0.3 is 0 Å². The number of aliphatic hydroxyl groups excluding tert-OH is 1. The van der Waals surface area contributed by atoms with Crippen molar-refractivity contribution >= 4 is 0 Å². The van der Waals surface area contributed by atoms with Gasteiger partial charge in [0, 0.05) is 39.1 Å². The van der Waals surface area contributed by atoms with Gasteiger partial charge in [0.15, 0.2) is 0 Å². The van der Waals surface area contributed by atoms with Gasteiger partial charge in [-0.05, 0) is 6.07 Å². The summed E-state index contributed by atoms with van der Waals surface area (Å²) < 4.78 is 3.58. The lowest BCUT2D eigenvalue weighted by atomic mass is 10.2. The Kier molecular flexibility index (Phi) is 2.55. The summed E-state index contributed by atoms with van der Waals surface area (Å²) in [4.78, 5) is 4.17. The van der Waals surface area contributed by atoms with Crippen molar-refractivity contribution in [3.8, 4) is 0 Å². The maximum Gasteiger partial charge on any atom is 0.111 e. The van der Waals surface area contributed by atoms with Crippen LogP contribution < -0.4 is 0 Å². The molecule has 5 heteroatoms.